The van der Waals surface area contributed by atoms with Crippen LogP contribution in [0.5, 0.6) is 0 Å². The monoisotopic (exact) mass is 242 g/mol. The number of nitriles is 2. The van der Waals surface area contributed by atoms with Gasteiger partial charge in [0.05, 0.1) is 18.7 Å². The summed E-state index contributed by atoms with van der Waals surface area (Å²) in [5.74, 6) is -0.709. The zero-order valence-electron chi connectivity index (χ0n) is 9.64. The third-order valence-electron chi connectivity index (χ3n) is 3.27. The Morgan fingerprint density at radius 3 is 2.44 bits per heavy atom. The lowest BCUT2D eigenvalue weighted by atomic mass is 9.74. The molecule has 1 aromatic rings. The van der Waals surface area contributed by atoms with Crippen molar-refractivity contribution in [3.05, 3.63) is 48.3 Å². The van der Waals surface area contributed by atoms with E-state index >= 15 is 0 Å². The molecule has 1 fully saturated rings. The number of nitrogens with zero attached hydrogens (tertiary/aromatic N) is 2. The number of hydrogen-bond donors (Lipinski definition) is 0. The van der Waals surface area contributed by atoms with E-state index < -0.39 is 11.5 Å². The summed E-state index contributed by atoms with van der Waals surface area (Å²) in [7, 11) is 0. The van der Waals surface area contributed by atoms with Crippen molar-refractivity contribution in [2.24, 2.45) is 11.3 Å². The van der Waals surface area contributed by atoms with E-state index in [2.05, 4.69) is 6.58 Å². The van der Waals surface area contributed by atoms with E-state index in [9.17, 15) is 14.9 Å². The summed E-state index contributed by atoms with van der Waals surface area (Å²) in [5, 5.41) is 18.7. The van der Waals surface area contributed by atoms with Crippen molar-refractivity contribution >= 4 is 0 Å². The van der Waals surface area contributed by atoms with Gasteiger partial charge in [0.1, 0.15) is 11.9 Å². The van der Waals surface area contributed by atoms with Crippen LogP contribution in [-0.2, 0) is 4.74 Å². The van der Waals surface area contributed by atoms with Gasteiger partial charge in [0.15, 0.2) is 5.41 Å². The van der Waals surface area contributed by atoms with E-state index in [0.717, 1.165) is 0 Å². The Labute approximate surface area is 105 Å². The highest BCUT2D eigenvalue weighted by atomic mass is 19.1. The Kier molecular flexibility index (Phi) is 3.14. The van der Waals surface area contributed by atoms with Gasteiger partial charge in [-0.2, -0.15) is 10.5 Å². The molecule has 2 atom stereocenters. The molecule has 0 spiro atoms. The van der Waals surface area contributed by atoms with Crippen LogP contribution in [-0.4, -0.2) is 6.61 Å². The summed E-state index contributed by atoms with van der Waals surface area (Å²) in [5.41, 5.74) is -0.664. The van der Waals surface area contributed by atoms with E-state index in [-0.39, 0.29) is 18.3 Å². The van der Waals surface area contributed by atoms with Gasteiger partial charge in [0.25, 0.3) is 0 Å². The first kappa shape index (κ1) is 12.3. The van der Waals surface area contributed by atoms with Crippen LogP contribution in [0.3, 0.4) is 0 Å². The predicted molar refractivity (Wildman–Crippen MR) is 62.4 cm³/mol. The van der Waals surface area contributed by atoms with Gasteiger partial charge in [-0.1, -0.05) is 18.2 Å². The Balaban J connectivity index is 2.46. The lowest BCUT2D eigenvalue weighted by Crippen LogP contribution is -2.27. The Morgan fingerprint density at radius 2 is 1.94 bits per heavy atom. The molecular formula is C14H11FN2O. The van der Waals surface area contributed by atoms with Crippen molar-refractivity contribution in [1.29, 1.82) is 10.5 Å². The molecule has 1 aliphatic rings. The number of halogens is 1. The van der Waals surface area contributed by atoms with Crippen molar-refractivity contribution in [1.82, 2.24) is 0 Å². The normalized spacial score (nSPS) is 25.1. The minimum Gasteiger partial charge on any atom is -0.370 e. The molecule has 0 N–H and O–H groups in total. The molecule has 0 saturated carbocycles. The van der Waals surface area contributed by atoms with Crippen LogP contribution >= 0.6 is 0 Å². The van der Waals surface area contributed by atoms with E-state index in [1.165, 1.54) is 24.3 Å². The van der Waals surface area contributed by atoms with Crippen LogP contribution in [0.4, 0.5) is 4.39 Å². The van der Waals surface area contributed by atoms with Crippen molar-refractivity contribution in [3.8, 4) is 12.1 Å². The van der Waals surface area contributed by atoms with Crippen LogP contribution in [0, 0.1) is 39.8 Å². The Hall–Kier alpha value is -2.17. The van der Waals surface area contributed by atoms with E-state index in [0.29, 0.717) is 5.56 Å². The van der Waals surface area contributed by atoms with E-state index in [4.69, 9.17) is 4.74 Å². The molecule has 0 amide bonds. The molecule has 1 heterocycles. The maximum absolute atomic E-state index is 12.9. The highest BCUT2D eigenvalue weighted by Crippen LogP contribution is 2.48. The van der Waals surface area contributed by atoms with Crippen molar-refractivity contribution in [3.63, 3.8) is 0 Å². The second kappa shape index (κ2) is 4.60. The SMILES string of the molecule is C=CC1COC(c2ccc(F)cc2)C1(C#N)C#N. The first-order valence-electron chi connectivity index (χ1n) is 5.50. The van der Waals surface area contributed by atoms with Gasteiger partial charge in [0.2, 0.25) is 0 Å². The quantitative estimate of drug-likeness (QED) is 0.749. The van der Waals surface area contributed by atoms with E-state index in [1.807, 2.05) is 12.1 Å². The zero-order chi connectivity index (χ0) is 13.2. The second-order valence-electron chi connectivity index (χ2n) is 4.20. The average molecular weight is 242 g/mol. The minimum absolute atomic E-state index is 0.270. The Bertz CT molecular complexity index is 524. The fourth-order valence-corrected chi connectivity index (χ4v) is 2.22. The average Bonchev–Trinajstić information content (AvgIpc) is 2.78. The van der Waals surface area contributed by atoms with Crippen molar-refractivity contribution < 1.29 is 9.13 Å². The lowest BCUT2D eigenvalue weighted by molar-refractivity contribution is 0.0862. The van der Waals surface area contributed by atoms with Crippen molar-refractivity contribution in [2.75, 3.05) is 6.61 Å². The van der Waals surface area contributed by atoms with Gasteiger partial charge < -0.3 is 4.74 Å². The fraction of sp³-hybridized carbons (Fsp3) is 0.286. The van der Waals surface area contributed by atoms with Gasteiger partial charge in [-0.25, -0.2) is 4.39 Å². The first-order chi connectivity index (χ1) is 8.67. The number of benzene rings is 1. The highest BCUT2D eigenvalue weighted by molar-refractivity contribution is 5.33. The van der Waals surface area contributed by atoms with Crippen molar-refractivity contribution in [2.45, 2.75) is 6.10 Å². The summed E-state index contributed by atoms with van der Waals surface area (Å²) in [6, 6.07) is 9.74. The molecule has 0 aromatic heterocycles. The van der Waals surface area contributed by atoms with Crippen LogP contribution in [0.2, 0.25) is 0 Å². The van der Waals surface area contributed by atoms with Gasteiger partial charge in [-0.05, 0) is 17.7 Å². The summed E-state index contributed by atoms with van der Waals surface area (Å²) in [6.07, 6.45) is 0.895. The smallest absolute Gasteiger partial charge is 0.182 e. The molecule has 1 aromatic carbocycles. The molecule has 0 aliphatic carbocycles. The molecule has 0 radical (unpaired) electrons. The van der Waals surface area contributed by atoms with Crippen LogP contribution in [0.15, 0.2) is 36.9 Å². The minimum atomic E-state index is -1.29. The molecule has 0 bridgehead atoms. The fourth-order valence-electron chi connectivity index (χ4n) is 2.22. The predicted octanol–water partition coefficient (Wildman–Crippen LogP) is 2.73. The molecule has 18 heavy (non-hydrogen) atoms. The zero-order valence-corrected chi connectivity index (χ0v) is 9.64. The molecule has 1 saturated heterocycles. The molecule has 3 nitrogen and oxygen atoms in total. The maximum atomic E-state index is 12.9. The summed E-state index contributed by atoms with van der Waals surface area (Å²) in [4.78, 5) is 0. The number of hydrogen-bond acceptors (Lipinski definition) is 3. The first-order valence-corrected chi connectivity index (χ1v) is 5.50. The van der Waals surface area contributed by atoms with Crippen LogP contribution in [0.1, 0.15) is 11.7 Å². The molecule has 4 heteroatoms. The number of rotatable bonds is 2. The van der Waals surface area contributed by atoms with Gasteiger partial charge in [-0.3, -0.25) is 0 Å². The summed E-state index contributed by atoms with van der Waals surface area (Å²) < 4.78 is 18.4. The molecule has 90 valence electrons. The topological polar surface area (TPSA) is 56.8 Å². The third-order valence-corrected chi connectivity index (χ3v) is 3.27. The summed E-state index contributed by atoms with van der Waals surface area (Å²) >= 11 is 0. The Morgan fingerprint density at radius 1 is 1.33 bits per heavy atom. The third kappa shape index (κ3) is 1.68. The maximum Gasteiger partial charge on any atom is 0.182 e. The van der Waals surface area contributed by atoms with Gasteiger partial charge in [0, 0.05) is 5.92 Å². The standard InChI is InChI=1S/C14H11FN2O/c1-2-11-7-18-13(14(11,8-16)9-17)10-3-5-12(15)6-4-10/h2-6,11,13H,1,7H2. The summed E-state index contributed by atoms with van der Waals surface area (Å²) in [6.45, 7) is 3.90. The van der Waals surface area contributed by atoms with Gasteiger partial charge in [-0.15, -0.1) is 6.58 Å². The molecule has 1 aliphatic heterocycles. The second-order valence-corrected chi connectivity index (χ2v) is 4.20. The number of ether oxygens (including phenoxy) is 1. The van der Waals surface area contributed by atoms with Crippen LogP contribution < -0.4 is 0 Å². The molecule has 2 rings (SSSR count). The van der Waals surface area contributed by atoms with E-state index in [1.54, 1.807) is 6.08 Å². The van der Waals surface area contributed by atoms with Gasteiger partial charge >= 0.3 is 0 Å². The molecule has 2 unspecified atom stereocenters. The lowest BCUT2D eigenvalue weighted by Gasteiger charge is -2.23. The molecular weight excluding hydrogens is 231 g/mol. The highest BCUT2D eigenvalue weighted by Gasteiger charge is 2.52. The van der Waals surface area contributed by atoms with Crippen LogP contribution in [0.25, 0.3) is 0 Å². The largest absolute Gasteiger partial charge is 0.370 e.